The molecule has 0 bridgehead atoms. The van der Waals surface area contributed by atoms with Gasteiger partial charge in [-0.15, -0.1) is 0 Å². The Morgan fingerprint density at radius 1 is 1.00 bits per heavy atom. The van der Waals surface area contributed by atoms with Gasteiger partial charge in [0.1, 0.15) is 11.4 Å². The maximum atomic E-state index is 12.5. The van der Waals surface area contributed by atoms with Gasteiger partial charge in [0.05, 0.1) is 0 Å². The molecule has 6 heteroatoms. The van der Waals surface area contributed by atoms with Crippen LogP contribution < -0.4 is 0 Å². The van der Waals surface area contributed by atoms with Crippen LogP contribution in [0.3, 0.4) is 0 Å². The Balaban J connectivity index is 2.01. The Labute approximate surface area is 150 Å². The highest BCUT2D eigenvalue weighted by atomic mass is 16.7. The zero-order chi connectivity index (χ0) is 18.5. The minimum atomic E-state index is -0.772. The average molecular weight is 348 g/mol. The SMILES string of the molecule is CC(=O)ON1C(=O)C(Cc2ccccc2)=N/C(=C\c2ccccc2)C1=O. The van der Waals surface area contributed by atoms with E-state index in [1.807, 2.05) is 48.5 Å². The van der Waals surface area contributed by atoms with Gasteiger partial charge in [-0.3, -0.25) is 9.59 Å². The van der Waals surface area contributed by atoms with Crippen LogP contribution in [-0.4, -0.2) is 28.6 Å². The van der Waals surface area contributed by atoms with E-state index in [2.05, 4.69) is 4.99 Å². The standard InChI is InChI=1S/C20H16N2O4/c1-14(23)26-22-19(24)17(12-15-8-4-2-5-9-15)21-18(20(22)25)13-16-10-6-3-7-11-16/h2-12H,13H2,1H3/b17-12-. The van der Waals surface area contributed by atoms with Gasteiger partial charge in [-0.2, -0.15) is 0 Å². The van der Waals surface area contributed by atoms with Crippen LogP contribution in [0.5, 0.6) is 0 Å². The summed E-state index contributed by atoms with van der Waals surface area (Å²) in [5.74, 6) is -2.27. The van der Waals surface area contributed by atoms with Crippen molar-refractivity contribution in [3.63, 3.8) is 0 Å². The van der Waals surface area contributed by atoms with Crippen LogP contribution in [0.2, 0.25) is 0 Å². The predicted octanol–water partition coefficient (Wildman–Crippen LogP) is 2.56. The maximum Gasteiger partial charge on any atom is 0.330 e. The summed E-state index contributed by atoms with van der Waals surface area (Å²) < 4.78 is 0. The molecule has 0 saturated carbocycles. The van der Waals surface area contributed by atoms with Crippen molar-refractivity contribution in [1.82, 2.24) is 5.06 Å². The van der Waals surface area contributed by atoms with Gasteiger partial charge in [0, 0.05) is 13.3 Å². The number of carbonyl (C=O) groups excluding carboxylic acids is 3. The number of hydrogen-bond acceptors (Lipinski definition) is 5. The highest BCUT2D eigenvalue weighted by Crippen LogP contribution is 2.19. The van der Waals surface area contributed by atoms with Crippen molar-refractivity contribution in [2.24, 2.45) is 4.99 Å². The van der Waals surface area contributed by atoms with Gasteiger partial charge in [0.15, 0.2) is 0 Å². The highest BCUT2D eigenvalue weighted by molar-refractivity contribution is 6.44. The van der Waals surface area contributed by atoms with Crippen LogP contribution in [0.4, 0.5) is 0 Å². The van der Waals surface area contributed by atoms with Crippen LogP contribution >= 0.6 is 0 Å². The molecule has 0 atom stereocenters. The molecule has 0 aromatic heterocycles. The molecule has 2 aromatic carbocycles. The molecule has 0 aliphatic carbocycles. The zero-order valence-corrected chi connectivity index (χ0v) is 14.1. The summed E-state index contributed by atoms with van der Waals surface area (Å²) in [6.07, 6.45) is 1.77. The fourth-order valence-corrected chi connectivity index (χ4v) is 2.47. The molecular weight excluding hydrogens is 332 g/mol. The topological polar surface area (TPSA) is 76.0 Å². The molecule has 26 heavy (non-hydrogen) atoms. The summed E-state index contributed by atoms with van der Waals surface area (Å²) >= 11 is 0. The first kappa shape index (κ1) is 17.3. The molecule has 3 rings (SSSR count). The van der Waals surface area contributed by atoms with Gasteiger partial charge in [-0.25, -0.2) is 9.79 Å². The minimum Gasteiger partial charge on any atom is -0.330 e. The van der Waals surface area contributed by atoms with Gasteiger partial charge in [-0.1, -0.05) is 65.7 Å². The summed E-state index contributed by atoms with van der Waals surface area (Å²) in [6.45, 7) is 1.13. The van der Waals surface area contributed by atoms with Crippen LogP contribution in [0.1, 0.15) is 18.1 Å². The molecule has 0 fully saturated rings. The Morgan fingerprint density at radius 3 is 2.23 bits per heavy atom. The molecule has 0 saturated heterocycles. The third-order valence-electron chi connectivity index (χ3n) is 3.63. The Hall–Kier alpha value is -3.54. The Bertz CT molecular complexity index is 902. The van der Waals surface area contributed by atoms with E-state index in [0.717, 1.165) is 18.1 Å². The normalized spacial score (nSPS) is 15.8. The summed E-state index contributed by atoms with van der Waals surface area (Å²) in [5, 5.41) is 0.475. The molecule has 1 heterocycles. The molecule has 0 unspecified atom stereocenters. The molecule has 0 N–H and O–H groups in total. The first-order chi connectivity index (χ1) is 12.5. The van der Waals surface area contributed by atoms with Crippen molar-refractivity contribution in [2.75, 3.05) is 0 Å². The molecule has 2 amide bonds. The lowest BCUT2D eigenvalue weighted by atomic mass is 10.1. The highest BCUT2D eigenvalue weighted by Gasteiger charge is 2.36. The molecule has 2 aromatic rings. The smallest absolute Gasteiger partial charge is 0.330 e. The van der Waals surface area contributed by atoms with Crippen LogP contribution in [0.25, 0.3) is 6.08 Å². The Kier molecular flexibility index (Phi) is 5.03. The van der Waals surface area contributed by atoms with E-state index in [-0.39, 0.29) is 17.8 Å². The van der Waals surface area contributed by atoms with Crippen molar-refractivity contribution < 1.29 is 19.2 Å². The lowest BCUT2D eigenvalue weighted by molar-refractivity contribution is -0.196. The molecule has 1 aliphatic heterocycles. The van der Waals surface area contributed by atoms with Crippen molar-refractivity contribution in [1.29, 1.82) is 0 Å². The number of benzene rings is 2. The maximum absolute atomic E-state index is 12.5. The monoisotopic (exact) mass is 348 g/mol. The van der Waals surface area contributed by atoms with E-state index >= 15 is 0 Å². The number of rotatable bonds is 4. The van der Waals surface area contributed by atoms with E-state index in [0.29, 0.717) is 5.06 Å². The van der Waals surface area contributed by atoms with Crippen molar-refractivity contribution in [2.45, 2.75) is 13.3 Å². The second-order valence-electron chi connectivity index (χ2n) is 5.65. The number of hydrogen-bond donors (Lipinski definition) is 0. The van der Waals surface area contributed by atoms with Crippen LogP contribution in [0, 0.1) is 0 Å². The largest absolute Gasteiger partial charge is 0.330 e. The quantitative estimate of drug-likeness (QED) is 0.628. The molecule has 130 valence electrons. The van der Waals surface area contributed by atoms with Gasteiger partial charge >= 0.3 is 17.8 Å². The van der Waals surface area contributed by atoms with E-state index < -0.39 is 17.8 Å². The second-order valence-corrected chi connectivity index (χ2v) is 5.65. The zero-order valence-electron chi connectivity index (χ0n) is 14.1. The minimum absolute atomic E-state index is 0.0305. The second kappa shape index (κ2) is 7.57. The summed E-state index contributed by atoms with van der Waals surface area (Å²) in [7, 11) is 0. The van der Waals surface area contributed by atoms with Crippen molar-refractivity contribution in [3.05, 3.63) is 77.5 Å². The number of carbonyl (C=O) groups is 3. The van der Waals surface area contributed by atoms with Crippen LogP contribution in [0.15, 0.2) is 71.4 Å². The molecule has 0 spiro atoms. The number of amides is 2. The van der Waals surface area contributed by atoms with Crippen molar-refractivity contribution in [3.8, 4) is 0 Å². The molecule has 1 aliphatic rings. The number of imide groups is 1. The summed E-state index contributed by atoms with van der Waals surface area (Å²) in [6, 6.07) is 18.4. The van der Waals surface area contributed by atoms with Gasteiger partial charge < -0.3 is 4.84 Å². The average Bonchev–Trinajstić information content (AvgIpc) is 2.64. The van der Waals surface area contributed by atoms with E-state index in [4.69, 9.17) is 4.84 Å². The van der Waals surface area contributed by atoms with Gasteiger partial charge in [0.2, 0.25) is 0 Å². The first-order valence-corrected chi connectivity index (χ1v) is 8.00. The Morgan fingerprint density at radius 2 is 1.62 bits per heavy atom. The lowest BCUT2D eigenvalue weighted by Crippen LogP contribution is -2.46. The molecule has 0 radical (unpaired) electrons. The summed E-state index contributed by atoms with van der Waals surface area (Å²) in [5.41, 5.74) is 1.76. The summed E-state index contributed by atoms with van der Waals surface area (Å²) in [4.78, 5) is 45.4. The fraction of sp³-hybridized carbons (Fsp3) is 0.100. The van der Waals surface area contributed by atoms with Crippen molar-refractivity contribution >= 4 is 29.6 Å². The predicted molar refractivity (Wildman–Crippen MR) is 95.6 cm³/mol. The third-order valence-corrected chi connectivity index (χ3v) is 3.63. The lowest BCUT2D eigenvalue weighted by Gasteiger charge is -2.23. The van der Waals surface area contributed by atoms with E-state index in [1.54, 1.807) is 18.2 Å². The van der Waals surface area contributed by atoms with E-state index in [1.165, 1.54) is 0 Å². The van der Waals surface area contributed by atoms with Gasteiger partial charge in [0.25, 0.3) is 0 Å². The first-order valence-electron chi connectivity index (χ1n) is 8.00. The van der Waals surface area contributed by atoms with E-state index in [9.17, 15) is 14.4 Å². The third kappa shape index (κ3) is 3.92. The van der Waals surface area contributed by atoms with Crippen LogP contribution in [-0.2, 0) is 25.6 Å². The molecule has 6 nitrogen and oxygen atoms in total. The van der Waals surface area contributed by atoms with Gasteiger partial charge in [-0.05, 0) is 17.2 Å². The fourth-order valence-electron chi connectivity index (χ4n) is 2.47. The number of aliphatic imine (C=N–C) groups is 1. The molecular formula is C20H16N2O4. The number of hydroxylamine groups is 2. The number of nitrogens with zero attached hydrogens (tertiary/aromatic N) is 2.